The molecule has 6 heteroatoms. The Balaban J connectivity index is 2.22. The van der Waals surface area contributed by atoms with Gasteiger partial charge in [0, 0.05) is 11.3 Å². The second-order valence-electron chi connectivity index (χ2n) is 3.92. The number of oxazole rings is 1. The van der Waals surface area contributed by atoms with E-state index in [0.29, 0.717) is 22.0 Å². The van der Waals surface area contributed by atoms with Gasteiger partial charge in [0.05, 0.1) is 17.3 Å². The van der Waals surface area contributed by atoms with Crippen LogP contribution in [-0.4, -0.2) is 17.4 Å². The first kappa shape index (κ1) is 14.1. The number of aromatic nitrogens is 1. The maximum atomic E-state index is 12.0. The Hall–Kier alpha value is -2.29. The number of nitrogens with one attached hydrogen (secondary N) is 1. The summed E-state index contributed by atoms with van der Waals surface area (Å²) in [5, 5.41) is 3.20. The number of carbonyl (C=O) groups is 1. The minimum absolute atomic E-state index is 0.176. The Labute approximate surface area is 121 Å². The van der Waals surface area contributed by atoms with Gasteiger partial charge in [-0.05, 0) is 25.1 Å². The first-order valence-corrected chi connectivity index (χ1v) is 6.19. The van der Waals surface area contributed by atoms with Crippen molar-refractivity contribution in [1.82, 2.24) is 4.98 Å². The van der Waals surface area contributed by atoms with Crippen molar-refractivity contribution in [3.05, 3.63) is 46.6 Å². The van der Waals surface area contributed by atoms with Crippen LogP contribution in [0.5, 0.6) is 0 Å². The summed E-state index contributed by atoms with van der Waals surface area (Å²) in [6.07, 6.45) is 1.23. The molecule has 0 bridgehead atoms. The maximum absolute atomic E-state index is 12.0. The van der Waals surface area contributed by atoms with Crippen molar-refractivity contribution in [2.24, 2.45) is 5.73 Å². The Bertz CT molecular complexity index is 698. The molecule has 1 aromatic heterocycles. The predicted molar refractivity (Wildman–Crippen MR) is 76.6 cm³/mol. The quantitative estimate of drug-likeness (QED) is 0.831. The number of benzene rings is 1. The van der Waals surface area contributed by atoms with E-state index in [-0.39, 0.29) is 18.2 Å². The zero-order chi connectivity index (χ0) is 14.5. The van der Waals surface area contributed by atoms with Crippen LogP contribution in [0.15, 0.2) is 29.0 Å². The minimum Gasteiger partial charge on any atom is -0.438 e. The molecule has 0 aliphatic carbocycles. The van der Waals surface area contributed by atoms with Crippen LogP contribution in [0.1, 0.15) is 21.8 Å². The molecule has 0 aliphatic rings. The molecule has 0 radical (unpaired) electrons. The summed E-state index contributed by atoms with van der Waals surface area (Å²) >= 11 is 6.01. The van der Waals surface area contributed by atoms with Crippen molar-refractivity contribution in [2.45, 2.75) is 6.92 Å². The summed E-state index contributed by atoms with van der Waals surface area (Å²) < 4.78 is 5.02. The lowest BCUT2D eigenvalue weighted by Gasteiger charge is -2.05. The Morgan fingerprint density at radius 2 is 2.35 bits per heavy atom. The van der Waals surface area contributed by atoms with Gasteiger partial charge in [-0.3, -0.25) is 4.79 Å². The zero-order valence-corrected chi connectivity index (χ0v) is 11.5. The topological polar surface area (TPSA) is 81.2 Å². The standard InChI is InChI=1S/C14H12ClN3O2/c1-9-13(20-8-17-9)14(19)18-11-4-5-12(15)10(7-11)3-2-6-16/h4-5,7-8H,6,16H2,1H3,(H,18,19). The van der Waals surface area contributed by atoms with Crippen LogP contribution in [0.2, 0.25) is 5.02 Å². The van der Waals surface area contributed by atoms with Crippen molar-refractivity contribution in [1.29, 1.82) is 0 Å². The summed E-state index contributed by atoms with van der Waals surface area (Å²) in [7, 11) is 0. The average molecular weight is 290 g/mol. The fourth-order valence-corrected chi connectivity index (χ4v) is 1.72. The maximum Gasteiger partial charge on any atom is 0.293 e. The molecule has 20 heavy (non-hydrogen) atoms. The van der Waals surface area contributed by atoms with Crippen LogP contribution in [0, 0.1) is 18.8 Å². The average Bonchev–Trinajstić information content (AvgIpc) is 2.85. The number of amides is 1. The summed E-state index contributed by atoms with van der Waals surface area (Å²) in [4.78, 5) is 15.8. The van der Waals surface area contributed by atoms with Gasteiger partial charge in [0.1, 0.15) is 0 Å². The van der Waals surface area contributed by atoms with Crippen LogP contribution >= 0.6 is 11.6 Å². The third-order valence-corrected chi connectivity index (χ3v) is 2.83. The lowest BCUT2D eigenvalue weighted by atomic mass is 10.2. The smallest absolute Gasteiger partial charge is 0.293 e. The van der Waals surface area contributed by atoms with Crippen LogP contribution in [0.25, 0.3) is 0 Å². The highest BCUT2D eigenvalue weighted by Gasteiger charge is 2.14. The van der Waals surface area contributed by atoms with Crippen LogP contribution < -0.4 is 11.1 Å². The lowest BCUT2D eigenvalue weighted by molar-refractivity contribution is 0.0996. The van der Waals surface area contributed by atoms with Crippen LogP contribution in [-0.2, 0) is 0 Å². The minimum atomic E-state index is -0.375. The zero-order valence-electron chi connectivity index (χ0n) is 10.7. The fourth-order valence-electron chi connectivity index (χ4n) is 1.55. The third-order valence-electron chi connectivity index (χ3n) is 2.50. The molecule has 0 saturated heterocycles. The number of anilines is 1. The Kier molecular flexibility index (Phi) is 4.41. The van der Waals surface area contributed by atoms with Gasteiger partial charge in [0.25, 0.3) is 5.91 Å². The molecule has 0 unspecified atom stereocenters. The van der Waals surface area contributed by atoms with E-state index in [1.165, 1.54) is 6.39 Å². The monoisotopic (exact) mass is 289 g/mol. The summed E-state index contributed by atoms with van der Waals surface area (Å²) in [5.41, 5.74) is 7.02. The van der Waals surface area contributed by atoms with E-state index in [0.717, 1.165) is 0 Å². The van der Waals surface area contributed by atoms with Gasteiger partial charge in [0.15, 0.2) is 6.39 Å². The molecule has 1 amide bonds. The molecular weight excluding hydrogens is 278 g/mol. The third kappa shape index (κ3) is 3.18. The number of rotatable bonds is 2. The van der Waals surface area contributed by atoms with Gasteiger partial charge in [-0.15, -0.1) is 0 Å². The van der Waals surface area contributed by atoms with Crippen LogP contribution in [0.3, 0.4) is 0 Å². The van der Waals surface area contributed by atoms with Crippen molar-refractivity contribution in [3.8, 4) is 11.8 Å². The van der Waals surface area contributed by atoms with Crippen molar-refractivity contribution in [2.75, 3.05) is 11.9 Å². The van der Waals surface area contributed by atoms with Gasteiger partial charge in [0.2, 0.25) is 5.76 Å². The molecule has 0 atom stereocenters. The van der Waals surface area contributed by atoms with Gasteiger partial charge in [-0.2, -0.15) is 0 Å². The van der Waals surface area contributed by atoms with E-state index in [1.54, 1.807) is 25.1 Å². The highest BCUT2D eigenvalue weighted by molar-refractivity contribution is 6.31. The molecule has 0 saturated carbocycles. The Morgan fingerprint density at radius 3 is 3.00 bits per heavy atom. The molecule has 0 fully saturated rings. The van der Waals surface area contributed by atoms with E-state index in [4.69, 9.17) is 21.8 Å². The first-order valence-electron chi connectivity index (χ1n) is 5.81. The molecule has 3 N–H and O–H groups in total. The second-order valence-corrected chi connectivity index (χ2v) is 4.33. The molecule has 102 valence electrons. The van der Waals surface area contributed by atoms with E-state index in [1.807, 2.05) is 0 Å². The number of hydrogen-bond acceptors (Lipinski definition) is 4. The fraction of sp³-hybridized carbons (Fsp3) is 0.143. The number of halogens is 1. The molecule has 1 aromatic carbocycles. The lowest BCUT2D eigenvalue weighted by Crippen LogP contribution is -2.12. The van der Waals surface area contributed by atoms with Gasteiger partial charge in [-0.1, -0.05) is 23.4 Å². The first-order chi connectivity index (χ1) is 9.61. The summed E-state index contributed by atoms with van der Waals surface area (Å²) in [5.74, 6) is 5.35. The highest BCUT2D eigenvalue weighted by Crippen LogP contribution is 2.20. The van der Waals surface area contributed by atoms with Gasteiger partial charge in [-0.25, -0.2) is 4.98 Å². The molecule has 2 rings (SSSR count). The number of hydrogen-bond donors (Lipinski definition) is 2. The summed E-state index contributed by atoms with van der Waals surface area (Å²) in [6, 6.07) is 5.01. The second kappa shape index (κ2) is 6.24. The largest absolute Gasteiger partial charge is 0.438 e. The number of nitrogens with two attached hydrogens (primary N) is 1. The van der Waals surface area contributed by atoms with E-state index in [9.17, 15) is 4.79 Å². The molecular formula is C14H12ClN3O2. The molecule has 5 nitrogen and oxygen atoms in total. The highest BCUT2D eigenvalue weighted by atomic mass is 35.5. The normalized spacial score (nSPS) is 9.75. The summed E-state index contributed by atoms with van der Waals surface area (Å²) in [6.45, 7) is 1.93. The van der Waals surface area contributed by atoms with Gasteiger partial charge >= 0.3 is 0 Å². The van der Waals surface area contributed by atoms with Crippen molar-refractivity contribution < 1.29 is 9.21 Å². The molecule has 2 aromatic rings. The number of aryl methyl sites for hydroxylation is 1. The van der Waals surface area contributed by atoms with Crippen molar-refractivity contribution in [3.63, 3.8) is 0 Å². The predicted octanol–water partition coefficient (Wildman–Crippen LogP) is 2.20. The van der Waals surface area contributed by atoms with Crippen molar-refractivity contribution >= 4 is 23.2 Å². The molecule has 1 heterocycles. The Morgan fingerprint density at radius 1 is 1.55 bits per heavy atom. The molecule has 0 spiro atoms. The van der Waals surface area contributed by atoms with E-state index >= 15 is 0 Å². The van der Waals surface area contributed by atoms with Gasteiger partial charge < -0.3 is 15.5 Å². The van der Waals surface area contributed by atoms with E-state index in [2.05, 4.69) is 22.1 Å². The number of carbonyl (C=O) groups excluding carboxylic acids is 1. The van der Waals surface area contributed by atoms with Crippen LogP contribution in [0.4, 0.5) is 5.69 Å². The molecule has 0 aliphatic heterocycles. The number of nitrogens with zero attached hydrogens (tertiary/aromatic N) is 1. The SMILES string of the molecule is Cc1ncoc1C(=O)Nc1ccc(Cl)c(C#CCN)c1. The van der Waals surface area contributed by atoms with E-state index < -0.39 is 0 Å².